The zero-order valence-corrected chi connectivity index (χ0v) is 10.1. The number of amides is 1. The second kappa shape index (κ2) is 5.36. The molecule has 0 aromatic heterocycles. The number of benzene rings is 2. The van der Waals surface area contributed by atoms with Gasteiger partial charge in [0.2, 0.25) is 5.91 Å². The molecule has 1 amide bonds. The Kier molecular flexibility index (Phi) is 3.63. The van der Waals surface area contributed by atoms with Crippen LogP contribution in [-0.2, 0) is 4.79 Å². The summed E-state index contributed by atoms with van der Waals surface area (Å²) in [7, 11) is 0. The maximum atomic E-state index is 12.0. The fourth-order valence-corrected chi connectivity index (χ4v) is 1.73. The molecular formula is C15H15NO2. The lowest BCUT2D eigenvalue weighted by Gasteiger charge is -2.12. The summed E-state index contributed by atoms with van der Waals surface area (Å²) in [6.45, 7) is 1.85. The van der Waals surface area contributed by atoms with Crippen molar-refractivity contribution in [2.45, 2.75) is 12.8 Å². The minimum Gasteiger partial charge on any atom is -0.508 e. The molecule has 1 unspecified atom stereocenters. The van der Waals surface area contributed by atoms with Crippen LogP contribution in [0.2, 0.25) is 0 Å². The number of phenols is 1. The highest BCUT2D eigenvalue weighted by Crippen LogP contribution is 2.19. The summed E-state index contributed by atoms with van der Waals surface area (Å²) < 4.78 is 0. The molecule has 18 heavy (non-hydrogen) atoms. The maximum absolute atomic E-state index is 12.0. The van der Waals surface area contributed by atoms with Crippen molar-refractivity contribution in [2.75, 3.05) is 5.32 Å². The van der Waals surface area contributed by atoms with Crippen molar-refractivity contribution in [1.82, 2.24) is 0 Å². The number of phenolic OH excluding ortho intramolecular Hbond substituents is 1. The molecule has 0 aliphatic carbocycles. The molecule has 2 rings (SSSR count). The van der Waals surface area contributed by atoms with Crippen LogP contribution in [0.5, 0.6) is 5.75 Å². The quantitative estimate of drug-likeness (QED) is 0.867. The van der Waals surface area contributed by atoms with Crippen molar-refractivity contribution >= 4 is 11.6 Å². The molecule has 1 atom stereocenters. The van der Waals surface area contributed by atoms with Gasteiger partial charge in [-0.25, -0.2) is 0 Å². The first-order valence-electron chi connectivity index (χ1n) is 5.81. The van der Waals surface area contributed by atoms with Gasteiger partial charge in [-0.15, -0.1) is 0 Å². The Bertz CT molecular complexity index is 537. The molecule has 0 fully saturated rings. The van der Waals surface area contributed by atoms with Gasteiger partial charge in [-0.1, -0.05) is 36.4 Å². The molecule has 0 heterocycles. The molecule has 0 radical (unpaired) electrons. The smallest absolute Gasteiger partial charge is 0.231 e. The molecule has 0 aliphatic rings. The normalized spacial score (nSPS) is 11.8. The first-order chi connectivity index (χ1) is 8.66. The van der Waals surface area contributed by atoms with Gasteiger partial charge in [0.15, 0.2) is 0 Å². The summed E-state index contributed by atoms with van der Waals surface area (Å²) in [6, 6.07) is 16.1. The van der Waals surface area contributed by atoms with Crippen LogP contribution in [-0.4, -0.2) is 11.0 Å². The van der Waals surface area contributed by atoms with Crippen LogP contribution in [0.4, 0.5) is 5.69 Å². The van der Waals surface area contributed by atoms with Gasteiger partial charge in [-0.05, 0) is 24.6 Å². The lowest BCUT2D eigenvalue weighted by molar-refractivity contribution is -0.117. The number of carbonyl (C=O) groups is 1. The topological polar surface area (TPSA) is 49.3 Å². The van der Waals surface area contributed by atoms with Crippen LogP contribution in [0.1, 0.15) is 18.4 Å². The summed E-state index contributed by atoms with van der Waals surface area (Å²) in [5, 5.41) is 12.1. The Morgan fingerprint density at radius 2 is 1.83 bits per heavy atom. The van der Waals surface area contributed by atoms with Gasteiger partial charge in [0, 0.05) is 11.8 Å². The van der Waals surface area contributed by atoms with Gasteiger partial charge in [-0.3, -0.25) is 4.79 Å². The third kappa shape index (κ3) is 2.88. The standard InChI is InChI=1S/C15H15NO2/c1-11(12-6-3-2-4-7-12)15(18)16-13-8-5-9-14(17)10-13/h2-11,17H,1H3,(H,16,18). The molecule has 3 heteroatoms. The van der Waals surface area contributed by atoms with Crippen LogP contribution in [0, 0.1) is 0 Å². The Hall–Kier alpha value is -2.29. The van der Waals surface area contributed by atoms with E-state index in [1.165, 1.54) is 6.07 Å². The van der Waals surface area contributed by atoms with Gasteiger partial charge in [-0.2, -0.15) is 0 Å². The van der Waals surface area contributed by atoms with Crippen molar-refractivity contribution in [3.8, 4) is 5.75 Å². The first-order valence-corrected chi connectivity index (χ1v) is 5.81. The van der Waals surface area contributed by atoms with Crippen molar-refractivity contribution in [2.24, 2.45) is 0 Å². The molecular weight excluding hydrogens is 226 g/mol. The highest BCUT2D eigenvalue weighted by molar-refractivity contribution is 5.95. The van der Waals surface area contributed by atoms with Crippen molar-refractivity contribution in [3.63, 3.8) is 0 Å². The van der Waals surface area contributed by atoms with E-state index >= 15 is 0 Å². The fourth-order valence-electron chi connectivity index (χ4n) is 1.73. The summed E-state index contributed by atoms with van der Waals surface area (Å²) in [5.74, 6) is -0.180. The predicted molar refractivity (Wildman–Crippen MR) is 71.6 cm³/mol. The minimum absolute atomic E-state index is 0.0909. The lowest BCUT2D eigenvalue weighted by Crippen LogP contribution is -2.18. The number of nitrogens with one attached hydrogen (secondary N) is 1. The zero-order valence-electron chi connectivity index (χ0n) is 10.1. The highest BCUT2D eigenvalue weighted by atomic mass is 16.3. The molecule has 2 aromatic rings. The molecule has 2 N–H and O–H groups in total. The molecule has 0 saturated carbocycles. The summed E-state index contributed by atoms with van der Waals surface area (Å²) in [5.41, 5.74) is 1.57. The van der Waals surface area contributed by atoms with Gasteiger partial charge >= 0.3 is 0 Å². The summed E-state index contributed by atoms with van der Waals surface area (Å²) in [6.07, 6.45) is 0. The first kappa shape index (κ1) is 12.2. The van der Waals surface area contributed by atoms with E-state index in [9.17, 15) is 9.90 Å². The second-order valence-corrected chi connectivity index (χ2v) is 4.17. The van der Waals surface area contributed by atoms with Crippen LogP contribution in [0.3, 0.4) is 0 Å². The van der Waals surface area contributed by atoms with E-state index in [4.69, 9.17) is 0 Å². The zero-order chi connectivity index (χ0) is 13.0. The minimum atomic E-state index is -0.228. The Balaban J connectivity index is 2.09. The van der Waals surface area contributed by atoms with Crippen molar-refractivity contribution in [1.29, 1.82) is 0 Å². The molecule has 0 bridgehead atoms. The number of hydrogen-bond acceptors (Lipinski definition) is 2. The molecule has 2 aromatic carbocycles. The van der Waals surface area contributed by atoms with Crippen LogP contribution < -0.4 is 5.32 Å². The van der Waals surface area contributed by atoms with E-state index < -0.39 is 0 Å². The van der Waals surface area contributed by atoms with Gasteiger partial charge in [0.1, 0.15) is 5.75 Å². The molecule has 0 aliphatic heterocycles. The van der Waals surface area contributed by atoms with E-state index in [1.807, 2.05) is 37.3 Å². The average Bonchev–Trinajstić information content (AvgIpc) is 2.39. The number of hydrogen-bond donors (Lipinski definition) is 2. The van der Waals surface area contributed by atoms with Gasteiger partial charge in [0.05, 0.1) is 5.92 Å². The third-order valence-electron chi connectivity index (χ3n) is 2.81. The number of rotatable bonds is 3. The Morgan fingerprint density at radius 1 is 1.11 bits per heavy atom. The van der Waals surface area contributed by atoms with Crippen LogP contribution in [0.25, 0.3) is 0 Å². The third-order valence-corrected chi connectivity index (χ3v) is 2.81. The van der Waals surface area contributed by atoms with E-state index in [2.05, 4.69) is 5.32 Å². The Morgan fingerprint density at radius 3 is 2.50 bits per heavy atom. The van der Waals surface area contributed by atoms with E-state index in [-0.39, 0.29) is 17.6 Å². The molecule has 0 saturated heterocycles. The van der Waals surface area contributed by atoms with E-state index in [0.717, 1.165) is 5.56 Å². The lowest BCUT2D eigenvalue weighted by atomic mass is 10.0. The van der Waals surface area contributed by atoms with E-state index in [0.29, 0.717) is 5.69 Å². The molecule has 92 valence electrons. The Labute approximate surface area is 106 Å². The van der Waals surface area contributed by atoms with Crippen LogP contribution in [0.15, 0.2) is 54.6 Å². The van der Waals surface area contributed by atoms with Gasteiger partial charge < -0.3 is 10.4 Å². The van der Waals surface area contributed by atoms with Gasteiger partial charge in [0.25, 0.3) is 0 Å². The maximum Gasteiger partial charge on any atom is 0.231 e. The van der Waals surface area contributed by atoms with Crippen molar-refractivity contribution < 1.29 is 9.90 Å². The van der Waals surface area contributed by atoms with E-state index in [1.54, 1.807) is 18.2 Å². The summed E-state index contributed by atoms with van der Waals surface area (Å²) >= 11 is 0. The molecule has 3 nitrogen and oxygen atoms in total. The average molecular weight is 241 g/mol. The SMILES string of the molecule is CC(C(=O)Nc1cccc(O)c1)c1ccccc1. The highest BCUT2D eigenvalue weighted by Gasteiger charge is 2.14. The number of carbonyl (C=O) groups excluding carboxylic acids is 1. The largest absolute Gasteiger partial charge is 0.508 e. The predicted octanol–water partition coefficient (Wildman–Crippen LogP) is 3.13. The second-order valence-electron chi connectivity index (χ2n) is 4.17. The van der Waals surface area contributed by atoms with Crippen LogP contribution >= 0.6 is 0 Å². The van der Waals surface area contributed by atoms with Crippen molar-refractivity contribution in [3.05, 3.63) is 60.2 Å². The fraction of sp³-hybridized carbons (Fsp3) is 0.133. The summed E-state index contributed by atoms with van der Waals surface area (Å²) in [4.78, 5) is 12.0. The number of aromatic hydroxyl groups is 1. The number of anilines is 1. The monoisotopic (exact) mass is 241 g/mol. The molecule has 0 spiro atoms.